The summed E-state index contributed by atoms with van der Waals surface area (Å²) < 4.78 is 14.3. The summed E-state index contributed by atoms with van der Waals surface area (Å²) in [6.45, 7) is 2.26. The van der Waals surface area contributed by atoms with Crippen LogP contribution in [0.3, 0.4) is 0 Å². The fourth-order valence-electron chi connectivity index (χ4n) is 17.3. The van der Waals surface area contributed by atoms with E-state index in [4.69, 9.17) is 31.8 Å². The second-order valence-electron chi connectivity index (χ2n) is 32.7. The van der Waals surface area contributed by atoms with Crippen LogP contribution >= 0.6 is 11.6 Å². The van der Waals surface area contributed by atoms with Crippen LogP contribution in [0, 0.1) is 0 Å². The molecule has 6 heterocycles. The molecule has 666 valence electrons. The zero-order chi connectivity index (χ0) is 89.7. The molecule has 10 amide bonds. The van der Waals surface area contributed by atoms with E-state index < -0.39 is 163 Å². The maximum atomic E-state index is 16.3. The number of hydrogen-bond donors (Lipinski definition) is 9. The lowest BCUT2D eigenvalue weighted by Crippen LogP contribution is -2.60. The highest BCUT2D eigenvalue weighted by Crippen LogP contribution is 2.41. The van der Waals surface area contributed by atoms with E-state index in [1.165, 1.54) is 40.7 Å². The Hall–Kier alpha value is -12.6. The lowest BCUT2D eigenvalue weighted by atomic mass is 9.77. The molecule has 10 N–H and O–H groups in total. The number of para-hydroxylation sites is 2. The number of likely N-dealkylation sites (tertiary alicyclic amines) is 2. The summed E-state index contributed by atoms with van der Waals surface area (Å²) in [6, 6.07) is 38.6. The van der Waals surface area contributed by atoms with Crippen LogP contribution in [0.4, 0.5) is 0 Å². The van der Waals surface area contributed by atoms with E-state index in [2.05, 4.69) is 31.2 Å². The normalized spacial score (nSPS) is 16.9. The van der Waals surface area contributed by atoms with E-state index in [9.17, 15) is 43.8 Å². The number of aromatic amines is 2. The third kappa shape index (κ3) is 22.4. The summed E-state index contributed by atoms with van der Waals surface area (Å²) >= 11 is 6.69. The van der Waals surface area contributed by atoms with Crippen molar-refractivity contribution < 1.29 is 77.2 Å². The zero-order valence-corrected chi connectivity index (χ0v) is 72.3. The van der Waals surface area contributed by atoms with E-state index in [1.54, 1.807) is 56.1 Å². The van der Waals surface area contributed by atoms with Crippen molar-refractivity contribution in [1.82, 2.24) is 70.2 Å². The minimum absolute atomic E-state index is 0.0151. The van der Waals surface area contributed by atoms with Gasteiger partial charge in [0.1, 0.15) is 53.9 Å². The lowest BCUT2D eigenvalue weighted by molar-refractivity contribution is -0.171. The molecule has 32 heteroatoms. The Morgan fingerprint density at radius 2 is 1.17 bits per heavy atom. The van der Waals surface area contributed by atoms with Crippen molar-refractivity contribution in [3.05, 3.63) is 233 Å². The number of rotatable bonds is 41. The van der Waals surface area contributed by atoms with Crippen molar-refractivity contribution in [2.24, 2.45) is 5.73 Å². The van der Waals surface area contributed by atoms with Gasteiger partial charge in [-0.2, -0.15) is 0 Å². The Balaban J connectivity index is 0.845. The molecule has 3 saturated heterocycles. The number of carbonyl (C=O) groups is 12. The SMILES string of the molecule is CCCC[C@H](NC(=O)[C@@H](N)Cc1c[nH]c2ccccc12)C(=O)N[C@@H](Cc1c[nH]c2ccccc12)C(=O)N[C@@H](COC1CCCCO1)C(=O)N(CCC)CC(=O)N(C)[C@@H](Cc1cccc(Cl)c1)C(=O)N(C)[C@@H](Cc1cn(C(c2ccccc2)(c2ccccc2)c2ccccc2)cn1)C(=O)N(C)CC(=O)N1CCC[C@H]1C(=O)N[C@@H](CC(=O)O)C(=O)N1CCC[C@H]1C(=O)O. The van der Waals surface area contributed by atoms with E-state index in [0.29, 0.717) is 60.6 Å². The number of fused-ring (bicyclic) bond motifs is 2. The number of aliphatic carboxylic acids is 2. The third-order valence-electron chi connectivity index (χ3n) is 24.0. The number of benzene rings is 6. The second kappa shape index (κ2) is 43.4. The Kier molecular flexibility index (Phi) is 31.9. The first-order chi connectivity index (χ1) is 60.8. The van der Waals surface area contributed by atoms with Gasteiger partial charge in [0.2, 0.25) is 59.1 Å². The van der Waals surface area contributed by atoms with Crippen molar-refractivity contribution in [3.63, 3.8) is 0 Å². The van der Waals surface area contributed by atoms with Crippen LogP contribution in [0.25, 0.3) is 21.8 Å². The van der Waals surface area contributed by atoms with Crippen molar-refractivity contribution >= 4 is 104 Å². The average Bonchev–Trinajstić information content (AvgIpc) is 1.31. The lowest BCUT2D eigenvalue weighted by Gasteiger charge is -2.37. The number of nitrogens with two attached hydrogens (primary N) is 1. The van der Waals surface area contributed by atoms with Crippen LogP contribution in [0.15, 0.2) is 189 Å². The first-order valence-corrected chi connectivity index (χ1v) is 43.5. The number of likely N-dealkylation sites (N-methyl/N-ethyl adjacent to an activating group) is 3. The van der Waals surface area contributed by atoms with Crippen LogP contribution in [0.1, 0.15) is 130 Å². The molecule has 12 rings (SSSR count). The van der Waals surface area contributed by atoms with Gasteiger partial charge in [-0.1, -0.05) is 178 Å². The minimum atomic E-state index is -1.68. The summed E-state index contributed by atoms with van der Waals surface area (Å²) in [4.78, 5) is 194. The second-order valence-corrected chi connectivity index (χ2v) is 33.1. The highest BCUT2D eigenvalue weighted by molar-refractivity contribution is 6.30. The molecule has 31 nitrogen and oxygen atoms in total. The number of carboxylic acids is 2. The molecule has 3 aliphatic heterocycles. The van der Waals surface area contributed by atoms with E-state index in [-0.39, 0.29) is 71.0 Å². The molecule has 0 bridgehead atoms. The van der Waals surface area contributed by atoms with Gasteiger partial charge in [-0.15, -0.1) is 0 Å². The number of nitrogens with one attached hydrogen (secondary N) is 6. The first kappa shape index (κ1) is 92.6. The van der Waals surface area contributed by atoms with Crippen molar-refractivity contribution in [3.8, 4) is 0 Å². The number of nitrogens with zero attached hydrogens (tertiary/aromatic N) is 8. The molecule has 1 unspecified atom stereocenters. The molecule has 0 saturated carbocycles. The standard InChI is InChI=1S/C94H112ClN15O16/c1-6-8-37-73(100-85(115)70(96)49-61-53-97-71-38-20-18-35-68(61)71)86(116)101-74(50-62-54-98-72-39-21-19-36-69(62)72)87(117)103-76(58-126-84-42-22-23-46-125-84)89(119)107(43-7-2)57-81(111)105(4)79(48-60-27-24-34-66(95)47-60)92(122)106(5)80(51-67-55-108(59-99-67)94(63-28-12-9-13-29-63,64-30-14-10-15-31-64)65-32-16-11-17-33-65)91(121)104(3)56-82(112)109-44-25-40-77(109)88(118)102-75(52-83(113)114)90(120)110-45-26-41-78(110)93(123)124/h9-21,24,27-36,38-39,47,53-55,59,70,73-80,84,97-98H,6-8,22-23,25-26,37,40-46,48-52,56-58,96H2,1-5H3,(H,100,115)(H,101,116)(H,102,118)(H,103,117)(H,113,114)(H,123,124)/t70-,73-,74-,75-,76-,77-,78-,79-,80-,84?/m0/s1. The monoisotopic (exact) mass is 1740 g/mol. The Bertz CT molecular complexity index is 5220. The predicted molar refractivity (Wildman–Crippen MR) is 471 cm³/mol. The molecule has 126 heavy (non-hydrogen) atoms. The molecule has 3 aromatic heterocycles. The summed E-state index contributed by atoms with van der Waals surface area (Å²) in [5, 5.41) is 33.0. The van der Waals surface area contributed by atoms with Gasteiger partial charge in [0.15, 0.2) is 6.29 Å². The predicted octanol–water partition coefficient (Wildman–Crippen LogP) is 7.50. The molecule has 3 aliphatic rings. The van der Waals surface area contributed by atoms with Crippen LogP contribution in [-0.4, -0.2) is 258 Å². The Morgan fingerprint density at radius 1 is 0.595 bits per heavy atom. The highest BCUT2D eigenvalue weighted by atomic mass is 35.5. The highest BCUT2D eigenvalue weighted by Gasteiger charge is 2.45. The van der Waals surface area contributed by atoms with Crippen LogP contribution in [0.5, 0.6) is 0 Å². The van der Waals surface area contributed by atoms with Crippen molar-refractivity contribution in [2.45, 2.75) is 183 Å². The number of carboxylic acid groups (broad SMARTS) is 2. The molecular formula is C94H112ClN15O16. The summed E-state index contributed by atoms with van der Waals surface area (Å²) in [6.07, 6.45) is 9.28. The third-order valence-corrected chi connectivity index (χ3v) is 24.2. The first-order valence-electron chi connectivity index (χ1n) is 43.1. The summed E-state index contributed by atoms with van der Waals surface area (Å²) in [7, 11) is 4.15. The van der Waals surface area contributed by atoms with Crippen molar-refractivity contribution in [1.29, 1.82) is 0 Å². The quantitative estimate of drug-likeness (QED) is 0.0167. The van der Waals surface area contributed by atoms with Gasteiger partial charge in [0, 0.05) is 112 Å². The summed E-state index contributed by atoms with van der Waals surface area (Å²) in [5.41, 5.74) is 11.9. The van der Waals surface area contributed by atoms with E-state index >= 15 is 24.0 Å². The van der Waals surface area contributed by atoms with Gasteiger partial charge in [-0.05, 0) is 122 Å². The fourth-order valence-corrected chi connectivity index (χ4v) is 17.5. The zero-order valence-electron chi connectivity index (χ0n) is 71.6. The Morgan fingerprint density at radius 3 is 1.77 bits per heavy atom. The topological polar surface area (TPSA) is 407 Å². The van der Waals surface area contributed by atoms with Crippen LogP contribution in [0.2, 0.25) is 5.02 Å². The number of aromatic nitrogens is 4. The molecule has 6 aromatic carbocycles. The van der Waals surface area contributed by atoms with Gasteiger partial charge >= 0.3 is 11.9 Å². The number of ether oxygens (including phenoxy) is 2. The number of carbonyl (C=O) groups excluding carboxylic acids is 10. The molecule has 0 radical (unpaired) electrons. The number of H-pyrrole nitrogens is 2. The van der Waals surface area contributed by atoms with Gasteiger partial charge in [-0.25, -0.2) is 9.78 Å². The molecule has 0 aliphatic carbocycles. The van der Waals surface area contributed by atoms with Gasteiger partial charge in [0.05, 0.1) is 44.2 Å². The van der Waals surface area contributed by atoms with Crippen molar-refractivity contribution in [2.75, 3.05) is 67.1 Å². The van der Waals surface area contributed by atoms with Crippen LogP contribution < -0.4 is 27.0 Å². The maximum absolute atomic E-state index is 16.3. The Labute approximate surface area is 736 Å². The molecule has 3 fully saturated rings. The smallest absolute Gasteiger partial charge is 0.326 e. The number of hydrogen-bond acceptors (Lipinski definition) is 16. The van der Waals surface area contributed by atoms with E-state index in [0.717, 1.165) is 66.7 Å². The largest absolute Gasteiger partial charge is 0.481 e. The summed E-state index contributed by atoms with van der Waals surface area (Å²) in [5.74, 6) is -10.4. The minimum Gasteiger partial charge on any atom is -0.481 e. The maximum Gasteiger partial charge on any atom is 0.326 e. The molecule has 0 spiro atoms. The fraction of sp³-hybridized carbons (Fsp3) is 0.415. The number of halogens is 1. The molecule has 10 atom stereocenters. The van der Waals surface area contributed by atoms with Crippen LogP contribution in [-0.2, 0) is 98.2 Å². The average molecular weight is 1740 g/mol. The number of unbranched alkanes of at least 4 members (excludes halogenated alkanes) is 1. The van der Waals surface area contributed by atoms with Gasteiger partial charge < -0.3 is 90.6 Å². The number of imidazole rings is 1. The number of amides is 10. The molecular weight excluding hydrogens is 1630 g/mol. The van der Waals surface area contributed by atoms with Gasteiger partial charge in [0.25, 0.3) is 0 Å². The van der Waals surface area contributed by atoms with Gasteiger partial charge in [-0.3, -0.25) is 52.7 Å². The molecule has 9 aromatic rings. The van der Waals surface area contributed by atoms with E-state index in [1.807, 2.05) is 151 Å².